The summed E-state index contributed by atoms with van der Waals surface area (Å²) in [5, 5.41) is 2.79. The van der Waals surface area contributed by atoms with Crippen LogP contribution in [0.3, 0.4) is 0 Å². The lowest BCUT2D eigenvalue weighted by atomic mass is 9.77. The van der Waals surface area contributed by atoms with Crippen LogP contribution in [0.1, 0.15) is 40.5 Å². The van der Waals surface area contributed by atoms with Crippen molar-refractivity contribution in [2.75, 3.05) is 5.32 Å². The highest BCUT2D eigenvalue weighted by molar-refractivity contribution is 6.33. The summed E-state index contributed by atoms with van der Waals surface area (Å²) in [5.74, 6) is -0.551. The first kappa shape index (κ1) is 17.0. The molecule has 0 radical (unpaired) electrons. The van der Waals surface area contributed by atoms with E-state index in [1.165, 1.54) is 12.1 Å². The second kappa shape index (κ2) is 5.70. The zero-order chi connectivity index (χ0) is 16.7. The van der Waals surface area contributed by atoms with Gasteiger partial charge in [-0.3, -0.25) is 0 Å². The lowest BCUT2D eigenvalue weighted by molar-refractivity contribution is 0.00873. The molecule has 0 unspecified atom stereocenters. The summed E-state index contributed by atoms with van der Waals surface area (Å²) in [6, 6.07) is 3.98. The van der Waals surface area contributed by atoms with Crippen LogP contribution >= 0.6 is 11.6 Å². The molecule has 0 saturated carbocycles. The topological polar surface area (TPSA) is 58.4 Å². The van der Waals surface area contributed by atoms with Crippen LogP contribution < -0.4 is 11.1 Å². The van der Waals surface area contributed by atoms with E-state index in [2.05, 4.69) is 5.32 Å². The van der Waals surface area contributed by atoms with Gasteiger partial charge in [-0.15, -0.1) is 0 Å². The Bertz CT molecular complexity index is 551. The van der Waals surface area contributed by atoms with Crippen molar-refractivity contribution in [1.29, 1.82) is 0 Å². The molecule has 1 saturated heterocycles. The average molecular weight is 328 g/mol. The quantitative estimate of drug-likeness (QED) is 0.819. The number of halogens is 2. The summed E-state index contributed by atoms with van der Waals surface area (Å²) in [6.45, 7) is 7.87. The molecule has 0 spiro atoms. The minimum absolute atomic E-state index is 0.00985. The first-order valence-corrected chi connectivity index (χ1v) is 7.73. The van der Waals surface area contributed by atoms with Gasteiger partial charge in [0.15, 0.2) is 0 Å². The van der Waals surface area contributed by atoms with Gasteiger partial charge in [0.1, 0.15) is 5.82 Å². The molecule has 22 heavy (non-hydrogen) atoms. The number of amides is 2. The highest BCUT2D eigenvalue weighted by Gasteiger charge is 2.47. The van der Waals surface area contributed by atoms with E-state index < -0.39 is 16.9 Å². The predicted molar refractivity (Wildman–Crippen MR) is 87.6 cm³/mol. The van der Waals surface area contributed by atoms with Crippen LogP contribution in [0.4, 0.5) is 14.9 Å². The molecule has 1 fully saturated rings. The van der Waals surface area contributed by atoms with Gasteiger partial charge in [-0.25, -0.2) is 9.18 Å². The van der Waals surface area contributed by atoms with Crippen LogP contribution in [0, 0.1) is 5.82 Å². The van der Waals surface area contributed by atoms with E-state index in [0.29, 0.717) is 12.8 Å². The third-order valence-corrected chi connectivity index (χ3v) is 4.45. The van der Waals surface area contributed by atoms with Crippen LogP contribution in [0.25, 0.3) is 0 Å². The maximum atomic E-state index is 13.9. The maximum Gasteiger partial charge on any atom is 0.322 e. The number of nitrogens with zero attached hydrogens (tertiary/aromatic N) is 1. The average Bonchev–Trinajstić information content (AvgIpc) is 2.30. The first-order chi connectivity index (χ1) is 10.0. The number of anilines is 1. The lowest BCUT2D eigenvalue weighted by Crippen LogP contribution is -2.66. The number of benzene rings is 1. The molecule has 3 N–H and O–H groups in total. The van der Waals surface area contributed by atoms with Crippen molar-refractivity contribution in [3.63, 3.8) is 0 Å². The number of para-hydroxylation sites is 1. The Kier molecular flexibility index (Phi) is 4.42. The molecule has 1 aliphatic rings. The van der Waals surface area contributed by atoms with Gasteiger partial charge in [0.2, 0.25) is 0 Å². The van der Waals surface area contributed by atoms with Crippen molar-refractivity contribution in [1.82, 2.24) is 4.90 Å². The van der Waals surface area contributed by atoms with E-state index in [4.69, 9.17) is 17.3 Å². The number of carbonyl (C=O) groups is 1. The summed E-state index contributed by atoms with van der Waals surface area (Å²) >= 11 is 5.98. The number of nitrogens with one attached hydrogen (secondary N) is 1. The number of hydrogen-bond acceptors (Lipinski definition) is 2. The fraction of sp³-hybridized carbons (Fsp3) is 0.562. The standard InChI is InChI=1S/C16H23ClFN3O/c1-15(2)8-10(19)9-16(3,4)21(15)14(22)20-13-11(17)6-5-7-12(13)18/h5-7,10H,8-9,19H2,1-4H3,(H,20,22). The first-order valence-electron chi connectivity index (χ1n) is 7.35. The number of likely N-dealkylation sites (tertiary alicyclic amines) is 1. The van der Waals surface area contributed by atoms with Gasteiger partial charge in [0.25, 0.3) is 0 Å². The zero-order valence-corrected chi connectivity index (χ0v) is 14.2. The minimum Gasteiger partial charge on any atom is -0.328 e. The molecule has 0 aromatic heterocycles. The van der Waals surface area contributed by atoms with Crippen LogP contribution in [0.15, 0.2) is 18.2 Å². The molecule has 1 heterocycles. The summed E-state index contributed by atoms with van der Waals surface area (Å²) in [5.41, 5.74) is 5.26. The molecule has 1 aliphatic heterocycles. The second-order valence-electron chi connectivity index (χ2n) is 7.16. The summed E-state index contributed by atoms with van der Waals surface area (Å²) in [4.78, 5) is 14.5. The number of hydrogen-bond donors (Lipinski definition) is 2. The molecule has 1 aromatic rings. The summed E-state index contributed by atoms with van der Waals surface area (Å²) in [6.07, 6.45) is 1.38. The molecule has 2 amide bonds. The minimum atomic E-state index is -0.551. The number of urea groups is 1. The Labute approximate surface area is 135 Å². The fourth-order valence-electron chi connectivity index (χ4n) is 3.69. The fourth-order valence-corrected chi connectivity index (χ4v) is 3.90. The van der Waals surface area contributed by atoms with Crippen molar-refractivity contribution < 1.29 is 9.18 Å². The number of carbonyl (C=O) groups excluding carboxylic acids is 1. The van der Waals surface area contributed by atoms with Crippen LogP contribution in [0.5, 0.6) is 0 Å². The third kappa shape index (κ3) is 3.20. The molecule has 122 valence electrons. The van der Waals surface area contributed by atoms with Gasteiger partial charge < -0.3 is 16.0 Å². The summed E-state index contributed by atoms with van der Waals surface area (Å²) in [7, 11) is 0. The van der Waals surface area contributed by atoms with E-state index in [9.17, 15) is 9.18 Å². The number of nitrogens with two attached hydrogens (primary N) is 1. The molecule has 1 aromatic carbocycles. The van der Waals surface area contributed by atoms with Crippen molar-refractivity contribution in [2.45, 2.75) is 57.7 Å². The third-order valence-electron chi connectivity index (χ3n) is 4.13. The Morgan fingerprint density at radius 1 is 1.32 bits per heavy atom. The van der Waals surface area contributed by atoms with Gasteiger partial charge in [0, 0.05) is 17.1 Å². The van der Waals surface area contributed by atoms with Gasteiger partial charge in [-0.1, -0.05) is 17.7 Å². The molecule has 0 bridgehead atoms. The summed E-state index contributed by atoms with van der Waals surface area (Å²) < 4.78 is 13.9. The Morgan fingerprint density at radius 2 is 1.86 bits per heavy atom. The number of piperidine rings is 1. The van der Waals surface area contributed by atoms with E-state index in [1.807, 2.05) is 27.7 Å². The SMILES string of the molecule is CC1(C)CC(N)CC(C)(C)N1C(=O)Nc1c(F)cccc1Cl. The highest BCUT2D eigenvalue weighted by Crippen LogP contribution is 2.38. The molecular formula is C16H23ClFN3O. The van der Waals surface area contributed by atoms with Crippen molar-refractivity contribution in [3.8, 4) is 0 Å². The van der Waals surface area contributed by atoms with Gasteiger partial charge in [-0.05, 0) is 52.7 Å². The number of rotatable bonds is 1. The second-order valence-corrected chi connectivity index (χ2v) is 7.56. The van der Waals surface area contributed by atoms with Crippen LogP contribution in [-0.4, -0.2) is 28.1 Å². The van der Waals surface area contributed by atoms with Gasteiger partial charge in [0.05, 0.1) is 10.7 Å². The smallest absolute Gasteiger partial charge is 0.322 e. The van der Waals surface area contributed by atoms with Crippen LogP contribution in [-0.2, 0) is 0 Å². The Balaban J connectivity index is 2.31. The highest BCUT2D eigenvalue weighted by atomic mass is 35.5. The van der Waals surface area contributed by atoms with E-state index in [-0.39, 0.29) is 22.8 Å². The predicted octanol–water partition coefficient (Wildman–Crippen LogP) is 3.99. The van der Waals surface area contributed by atoms with E-state index >= 15 is 0 Å². The van der Waals surface area contributed by atoms with Crippen LogP contribution in [0.2, 0.25) is 5.02 Å². The molecule has 6 heteroatoms. The zero-order valence-electron chi connectivity index (χ0n) is 13.4. The van der Waals surface area contributed by atoms with Crippen molar-refractivity contribution in [3.05, 3.63) is 29.0 Å². The normalized spacial score (nSPS) is 20.8. The monoisotopic (exact) mass is 327 g/mol. The molecule has 4 nitrogen and oxygen atoms in total. The molecule has 0 atom stereocenters. The van der Waals surface area contributed by atoms with E-state index in [0.717, 1.165) is 0 Å². The van der Waals surface area contributed by atoms with Crippen molar-refractivity contribution in [2.24, 2.45) is 5.73 Å². The molecular weight excluding hydrogens is 305 g/mol. The van der Waals surface area contributed by atoms with Crippen molar-refractivity contribution >= 4 is 23.3 Å². The maximum absolute atomic E-state index is 13.9. The Morgan fingerprint density at radius 3 is 2.36 bits per heavy atom. The molecule has 2 rings (SSSR count). The lowest BCUT2D eigenvalue weighted by Gasteiger charge is -2.54. The molecule has 0 aliphatic carbocycles. The Hall–Kier alpha value is -1.33. The largest absolute Gasteiger partial charge is 0.328 e. The van der Waals surface area contributed by atoms with Gasteiger partial charge >= 0.3 is 6.03 Å². The van der Waals surface area contributed by atoms with E-state index in [1.54, 1.807) is 11.0 Å². The van der Waals surface area contributed by atoms with Gasteiger partial charge in [-0.2, -0.15) is 0 Å².